The number of hydrogen-bond acceptors (Lipinski definition) is 2. The average molecular weight is 336 g/mol. The summed E-state index contributed by atoms with van der Waals surface area (Å²) in [5.41, 5.74) is 0. The fourth-order valence-electron chi connectivity index (χ4n) is 0. The average Bonchev–Trinajstić information content (AvgIpc) is 0.811. The number of carboxylic acids is 1. The van der Waals surface area contributed by atoms with E-state index in [1.807, 2.05) is 0 Å². The summed E-state index contributed by atoms with van der Waals surface area (Å²) < 4.78 is 0. The zero-order valence-corrected chi connectivity index (χ0v) is 7.37. The maximum absolute atomic E-state index is 8.89. The van der Waals surface area contributed by atoms with Crippen LogP contribution in [-0.4, -0.2) is 38.8 Å². The van der Waals surface area contributed by atoms with Gasteiger partial charge in [-0.05, 0) is 6.92 Å². The summed E-state index contributed by atoms with van der Waals surface area (Å²) >= 11 is 0. The first kappa shape index (κ1) is 105. The van der Waals surface area contributed by atoms with Gasteiger partial charge in [-0.2, -0.15) is 0 Å². The molecule has 0 aliphatic rings. The van der Waals surface area contributed by atoms with Crippen molar-refractivity contribution in [2.24, 2.45) is 0 Å². The minimum atomic E-state index is -1.08. The summed E-state index contributed by atoms with van der Waals surface area (Å²) in [6, 6.07) is 0. The fraction of sp³-hybridized carbons (Fsp3) is 0.500. The second-order valence-corrected chi connectivity index (χ2v) is 0.492. The first-order valence-electron chi connectivity index (χ1n) is 0.908. The van der Waals surface area contributed by atoms with Gasteiger partial charge in [-0.25, -0.2) is 0 Å². The van der Waals surface area contributed by atoms with Gasteiger partial charge in [-0.15, -0.1) is 0 Å². The summed E-state index contributed by atoms with van der Waals surface area (Å²) in [6.45, 7) is 0.972. The van der Waals surface area contributed by atoms with E-state index in [4.69, 9.17) is 9.90 Å². The monoisotopic (exact) mass is 336 g/mol. The maximum Gasteiger partial charge on any atom is 3.00 e. The second-order valence-electron chi connectivity index (χ2n) is 0.492. The second kappa shape index (κ2) is 78.1. The minimum absolute atomic E-state index is 0. The van der Waals surface area contributed by atoms with Crippen molar-refractivity contribution in [1.82, 2.24) is 0 Å². The van der Waals surface area contributed by atoms with Crippen molar-refractivity contribution in [1.29, 1.82) is 0 Å². The van der Waals surface area contributed by atoms with E-state index in [2.05, 4.69) is 0 Å². The van der Waals surface area contributed by atoms with Crippen LogP contribution >= 0.6 is 0 Å². The Morgan fingerprint density at radius 3 is 0.909 bits per heavy atom. The van der Waals surface area contributed by atoms with Crippen molar-refractivity contribution in [3.63, 3.8) is 0 Å². The van der Waals surface area contributed by atoms with Gasteiger partial charge < -0.3 is 42.8 Å². The predicted octanol–water partition coefficient (Wildman–Crippen LogP) is -6.19. The first-order chi connectivity index (χ1) is 1.73. The Kier molecular flexibility index (Phi) is 743. The molecule has 0 spiro atoms. The Morgan fingerprint density at radius 2 is 0.909 bits per heavy atom. The van der Waals surface area contributed by atoms with Crippen LogP contribution in [0.4, 0.5) is 0 Å². The Labute approximate surface area is 92.2 Å². The molecule has 12 N–H and O–H groups in total. The molecule has 0 fully saturated rings. The van der Waals surface area contributed by atoms with Gasteiger partial charge >= 0.3 is 36.9 Å². The van der Waals surface area contributed by atoms with E-state index in [0.717, 1.165) is 6.92 Å². The zero-order chi connectivity index (χ0) is 3.58. The SMILES string of the molecule is CC(=O)[O-].O.O.O.O.O.O.[Tm+3]. The van der Waals surface area contributed by atoms with E-state index >= 15 is 0 Å². The quantitative estimate of drug-likeness (QED) is 0.420. The van der Waals surface area contributed by atoms with E-state index in [1.165, 1.54) is 0 Å². The van der Waals surface area contributed by atoms with Crippen molar-refractivity contribution in [3.8, 4) is 0 Å². The molecule has 0 aliphatic heterocycles. The summed E-state index contributed by atoms with van der Waals surface area (Å²) in [6.07, 6.45) is 0. The first-order valence-corrected chi connectivity index (χ1v) is 0.908. The molecule has 0 unspecified atom stereocenters. The molecular formula is C2H15O8Tm+2. The molecule has 0 rings (SSSR count). The molecule has 0 heterocycles. The zero-order valence-electron chi connectivity index (χ0n) is 5.59. The Balaban J connectivity index is -0.00000000214. The van der Waals surface area contributed by atoms with Crippen LogP contribution in [0.2, 0.25) is 0 Å². The van der Waals surface area contributed by atoms with E-state index in [9.17, 15) is 0 Å². The predicted molar refractivity (Wildman–Crippen MR) is 32.4 cm³/mol. The number of rotatable bonds is 0. The standard InChI is InChI=1S/C2H4O2.6H2O.Tm/c1-2(3)4;;;;;;;/h1H3,(H,3,4);6*1H2;/q;;;;;;;+3/p-1. The molecule has 0 saturated carbocycles. The Morgan fingerprint density at radius 1 is 0.909 bits per heavy atom. The molecule has 0 aliphatic carbocycles. The molecule has 9 heteroatoms. The van der Waals surface area contributed by atoms with Crippen LogP contribution in [0.25, 0.3) is 0 Å². The molecule has 0 radical (unpaired) electrons. The molecule has 0 saturated heterocycles. The van der Waals surface area contributed by atoms with Crippen LogP contribution in [0.3, 0.4) is 0 Å². The number of carbonyl (C=O) groups excluding carboxylic acids is 1. The van der Waals surface area contributed by atoms with Crippen LogP contribution in [0.5, 0.6) is 0 Å². The molecule has 0 atom stereocenters. The number of carbonyl (C=O) groups is 1. The van der Waals surface area contributed by atoms with Crippen molar-refractivity contribution in [3.05, 3.63) is 0 Å². The Bertz CT molecular complexity index is 35.1. The molecular weight excluding hydrogens is 321 g/mol. The van der Waals surface area contributed by atoms with Crippen LogP contribution in [-0.2, 0) is 4.79 Å². The third kappa shape index (κ3) is 3490. The van der Waals surface area contributed by atoms with Crippen LogP contribution in [0, 0.1) is 36.9 Å². The van der Waals surface area contributed by atoms with Gasteiger partial charge in [-0.3, -0.25) is 0 Å². The summed E-state index contributed by atoms with van der Waals surface area (Å²) in [4.78, 5) is 8.89. The van der Waals surface area contributed by atoms with Gasteiger partial charge in [-0.1, -0.05) is 0 Å². The topological polar surface area (TPSA) is 229 Å². The number of hydrogen-bond donors (Lipinski definition) is 0. The van der Waals surface area contributed by atoms with E-state index in [-0.39, 0.29) is 69.7 Å². The van der Waals surface area contributed by atoms with E-state index in [1.54, 1.807) is 0 Å². The largest absolute Gasteiger partial charge is 3.00 e. The molecule has 11 heavy (non-hydrogen) atoms. The third-order valence-electron chi connectivity index (χ3n) is 0. The number of carboxylic acid groups (broad SMARTS) is 1. The normalized spacial score (nSPS) is 2.27. The van der Waals surface area contributed by atoms with Crippen molar-refractivity contribution >= 4 is 5.97 Å². The fourth-order valence-corrected chi connectivity index (χ4v) is 0. The van der Waals surface area contributed by atoms with Crippen molar-refractivity contribution in [2.45, 2.75) is 6.92 Å². The molecule has 0 aromatic carbocycles. The minimum Gasteiger partial charge on any atom is -0.550 e. The van der Waals surface area contributed by atoms with Gasteiger partial charge in [0, 0.05) is 5.97 Å². The van der Waals surface area contributed by atoms with Gasteiger partial charge in [0.25, 0.3) is 0 Å². The molecule has 0 aromatic rings. The van der Waals surface area contributed by atoms with Crippen molar-refractivity contribution < 1.29 is 79.6 Å². The molecule has 0 aromatic heterocycles. The van der Waals surface area contributed by atoms with E-state index in [0.29, 0.717) is 0 Å². The molecule has 0 amide bonds. The van der Waals surface area contributed by atoms with Crippen LogP contribution in [0.1, 0.15) is 6.92 Å². The van der Waals surface area contributed by atoms with Gasteiger partial charge in [0.15, 0.2) is 0 Å². The van der Waals surface area contributed by atoms with Gasteiger partial charge in [0.2, 0.25) is 0 Å². The summed E-state index contributed by atoms with van der Waals surface area (Å²) in [7, 11) is 0. The smallest absolute Gasteiger partial charge is 0.550 e. The molecule has 0 bridgehead atoms. The number of aliphatic carboxylic acids is 1. The summed E-state index contributed by atoms with van der Waals surface area (Å²) in [5, 5.41) is 8.89. The molecule has 82 valence electrons. The Hall–Kier alpha value is 0.464. The van der Waals surface area contributed by atoms with Gasteiger partial charge in [0.05, 0.1) is 0 Å². The van der Waals surface area contributed by atoms with Crippen LogP contribution in [0.15, 0.2) is 0 Å². The van der Waals surface area contributed by atoms with Crippen molar-refractivity contribution in [2.75, 3.05) is 0 Å². The maximum atomic E-state index is 8.89. The third-order valence-corrected chi connectivity index (χ3v) is 0. The molecule has 8 nitrogen and oxygen atoms in total. The van der Waals surface area contributed by atoms with Gasteiger partial charge in [0.1, 0.15) is 0 Å². The van der Waals surface area contributed by atoms with E-state index < -0.39 is 5.97 Å². The van der Waals surface area contributed by atoms with Crippen LogP contribution < -0.4 is 5.11 Å². The summed E-state index contributed by atoms with van der Waals surface area (Å²) in [5.74, 6) is -1.08.